The fourth-order valence-electron chi connectivity index (χ4n) is 4.39. The molecular formula is C26H35Cl2FN4O4. The van der Waals surface area contributed by atoms with Crippen LogP contribution in [0.4, 0.5) is 14.9 Å². The van der Waals surface area contributed by atoms with Crippen molar-refractivity contribution in [2.75, 3.05) is 39.0 Å². The zero-order chi connectivity index (χ0) is 26.1. The standard InChI is InChI=1S/C26H34ClFN4O4.ClH/c1-35-24-15-23(29)22(27)14-21(24)25(33)31-16-18-8-11-32(12-9-18)13-10-20(36-26(30)34)7-4-17-2-5-19(28)6-3-17;/h2-3,5-6,14-15,18,20H,4,7-13,16,29H2,1H3,(H2,30,34)(H,31,33);1H. The first kappa shape index (κ1) is 30.5. The number of nitrogens with two attached hydrogens (primary N) is 2. The van der Waals surface area contributed by atoms with Gasteiger partial charge < -0.3 is 31.2 Å². The van der Waals surface area contributed by atoms with Gasteiger partial charge >= 0.3 is 6.09 Å². The average molecular weight is 557 g/mol. The normalized spacial score (nSPS) is 14.9. The SMILES string of the molecule is COc1cc(N)c(Cl)cc1C(=O)NCC1CCN(CCC(CCc2ccc(F)cc2)OC(N)=O)CC1.Cl. The van der Waals surface area contributed by atoms with E-state index < -0.39 is 6.09 Å². The summed E-state index contributed by atoms with van der Waals surface area (Å²) >= 11 is 6.07. The number of likely N-dealkylation sites (tertiary alicyclic amines) is 1. The highest BCUT2D eigenvalue weighted by Gasteiger charge is 2.23. The van der Waals surface area contributed by atoms with Gasteiger partial charge in [-0.2, -0.15) is 0 Å². The Morgan fingerprint density at radius 1 is 1.19 bits per heavy atom. The number of benzene rings is 2. The molecule has 1 saturated heterocycles. The molecule has 5 N–H and O–H groups in total. The summed E-state index contributed by atoms with van der Waals surface area (Å²) in [6, 6.07) is 9.38. The Morgan fingerprint density at radius 2 is 1.86 bits per heavy atom. The van der Waals surface area contributed by atoms with Gasteiger partial charge in [0.15, 0.2) is 0 Å². The minimum absolute atomic E-state index is 0. The van der Waals surface area contributed by atoms with Crippen molar-refractivity contribution in [3.63, 3.8) is 0 Å². The second kappa shape index (κ2) is 14.9. The minimum atomic E-state index is -0.785. The Labute approximate surface area is 228 Å². The van der Waals surface area contributed by atoms with E-state index in [1.165, 1.54) is 25.3 Å². The van der Waals surface area contributed by atoms with Crippen LogP contribution in [0.25, 0.3) is 0 Å². The van der Waals surface area contributed by atoms with Crippen LogP contribution in [-0.4, -0.2) is 56.3 Å². The molecule has 2 amide bonds. The molecule has 1 unspecified atom stereocenters. The molecule has 0 radical (unpaired) electrons. The van der Waals surface area contributed by atoms with Crippen LogP contribution in [0.2, 0.25) is 5.02 Å². The van der Waals surface area contributed by atoms with Crippen LogP contribution < -0.4 is 21.5 Å². The number of nitrogens with one attached hydrogen (secondary N) is 1. The van der Waals surface area contributed by atoms with Gasteiger partial charge in [0.05, 0.1) is 23.4 Å². The third-order valence-corrected chi connectivity index (χ3v) is 6.87. The van der Waals surface area contributed by atoms with Crippen LogP contribution in [-0.2, 0) is 11.2 Å². The van der Waals surface area contributed by atoms with E-state index in [4.69, 9.17) is 32.5 Å². The lowest BCUT2D eigenvalue weighted by molar-refractivity contribution is 0.0802. The van der Waals surface area contributed by atoms with E-state index >= 15 is 0 Å². The summed E-state index contributed by atoms with van der Waals surface area (Å²) in [7, 11) is 1.48. The van der Waals surface area contributed by atoms with Crippen molar-refractivity contribution in [2.45, 2.75) is 38.2 Å². The van der Waals surface area contributed by atoms with Gasteiger partial charge in [0.25, 0.3) is 5.91 Å². The van der Waals surface area contributed by atoms with Crippen LogP contribution in [0.1, 0.15) is 41.6 Å². The Kier molecular flexibility index (Phi) is 12.2. The molecule has 3 rings (SSSR count). The van der Waals surface area contributed by atoms with Crippen LogP contribution >= 0.6 is 24.0 Å². The second-order valence-electron chi connectivity index (χ2n) is 9.08. The Hall–Kier alpha value is -2.75. The third-order valence-electron chi connectivity index (χ3n) is 6.54. The molecule has 0 spiro atoms. The number of piperidine rings is 1. The molecule has 2 aromatic carbocycles. The van der Waals surface area contributed by atoms with Gasteiger partial charge in [-0.25, -0.2) is 9.18 Å². The predicted molar refractivity (Wildman–Crippen MR) is 145 cm³/mol. The number of hydrogen-bond donors (Lipinski definition) is 3. The van der Waals surface area contributed by atoms with E-state index in [1.54, 1.807) is 18.2 Å². The summed E-state index contributed by atoms with van der Waals surface area (Å²) in [6.45, 7) is 3.11. The summed E-state index contributed by atoms with van der Waals surface area (Å²) in [5, 5.41) is 3.29. The van der Waals surface area contributed by atoms with Gasteiger partial charge in [-0.3, -0.25) is 4.79 Å². The summed E-state index contributed by atoms with van der Waals surface area (Å²) in [4.78, 5) is 26.3. The van der Waals surface area contributed by atoms with Gasteiger partial charge in [-0.15, -0.1) is 12.4 Å². The van der Waals surface area contributed by atoms with Gasteiger partial charge in [0.1, 0.15) is 17.7 Å². The van der Waals surface area contributed by atoms with E-state index in [0.29, 0.717) is 53.7 Å². The first-order valence-electron chi connectivity index (χ1n) is 12.1. The van der Waals surface area contributed by atoms with Crippen LogP contribution in [0, 0.1) is 11.7 Å². The number of nitrogen functional groups attached to an aromatic ring is 1. The van der Waals surface area contributed by atoms with Crippen molar-refractivity contribution >= 4 is 41.7 Å². The van der Waals surface area contributed by atoms with Gasteiger partial charge in [-0.1, -0.05) is 23.7 Å². The maximum Gasteiger partial charge on any atom is 0.404 e. The van der Waals surface area contributed by atoms with E-state index in [-0.39, 0.29) is 30.2 Å². The van der Waals surface area contributed by atoms with Crippen molar-refractivity contribution in [3.05, 3.63) is 58.4 Å². The fraction of sp³-hybridized carbons (Fsp3) is 0.462. The quantitative estimate of drug-likeness (QED) is 0.352. The van der Waals surface area contributed by atoms with E-state index in [0.717, 1.165) is 38.0 Å². The first-order chi connectivity index (χ1) is 17.2. The number of halogens is 3. The molecular weight excluding hydrogens is 522 g/mol. The van der Waals surface area contributed by atoms with Crippen LogP contribution in [0.3, 0.4) is 0 Å². The molecule has 1 aliphatic heterocycles. The average Bonchev–Trinajstić information content (AvgIpc) is 2.86. The Balaban J connectivity index is 0.00000481. The maximum atomic E-state index is 13.1. The van der Waals surface area contributed by atoms with Gasteiger partial charge in [0, 0.05) is 19.2 Å². The summed E-state index contributed by atoms with van der Waals surface area (Å²) in [6.07, 6.45) is 2.76. The van der Waals surface area contributed by atoms with Crippen LogP contribution in [0.5, 0.6) is 5.75 Å². The summed E-state index contributed by atoms with van der Waals surface area (Å²) < 4.78 is 23.7. The highest BCUT2D eigenvalue weighted by Crippen LogP contribution is 2.29. The van der Waals surface area contributed by atoms with E-state index in [9.17, 15) is 14.0 Å². The molecule has 204 valence electrons. The number of carbonyl (C=O) groups excluding carboxylic acids is 2. The zero-order valence-corrected chi connectivity index (χ0v) is 22.5. The number of anilines is 1. The zero-order valence-electron chi connectivity index (χ0n) is 20.9. The fourth-order valence-corrected chi connectivity index (χ4v) is 4.56. The molecule has 1 atom stereocenters. The molecule has 0 aromatic heterocycles. The van der Waals surface area contributed by atoms with Crippen molar-refractivity contribution in [1.82, 2.24) is 10.2 Å². The van der Waals surface area contributed by atoms with Crippen molar-refractivity contribution < 1.29 is 23.5 Å². The largest absolute Gasteiger partial charge is 0.496 e. The van der Waals surface area contributed by atoms with E-state index in [2.05, 4.69) is 10.2 Å². The number of carbonyl (C=O) groups is 2. The van der Waals surface area contributed by atoms with Crippen molar-refractivity contribution in [3.8, 4) is 5.75 Å². The second-order valence-corrected chi connectivity index (χ2v) is 9.49. The number of hydrogen-bond acceptors (Lipinski definition) is 6. The van der Waals surface area contributed by atoms with Gasteiger partial charge in [0.2, 0.25) is 0 Å². The maximum absolute atomic E-state index is 13.1. The number of ether oxygens (including phenoxy) is 2. The Morgan fingerprint density at radius 3 is 2.49 bits per heavy atom. The molecule has 0 saturated carbocycles. The molecule has 8 nitrogen and oxygen atoms in total. The lowest BCUT2D eigenvalue weighted by Crippen LogP contribution is -2.40. The smallest absolute Gasteiger partial charge is 0.404 e. The molecule has 1 fully saturated rings. The summed E-state index contributed by atoms with van der Waals surface area (Å²) in [5.41, 5.74) is 12.8. The molecule has 0 aliphatic carbocycles. The molecule has 37 heavy (non-hydrogen) atoms. The number of primary amides is 1. The molecule has 0 bridgehead atoms. The number of amides is 2. The first-order valence-corrected chi connectivity index (χ1v) is 12.5. The monoisotopic (exact) mass is 556 g/mol. The third kappa shape index (κ3) is 9.57. The topological polar surface area (TPSA) is 120 Å². The highest BCUT2D eigenvalue weighted by molar-refractivity contribution is 6.33. The predicted octanol–water partition coefficient (Wildman–Crippen LogP) is 4.42. The van der Waals surface area contributed by atoms with Crippen molar-refractivity contribution in [2.24, 2.45) is 11.7 Å². The van der Waals surface area contributed by atoms with E-state index in [1.807, 2.05) is 0 Å². The lowest BCUT2D eigenvalue weighted by Gasteiger charge is -2.32. The molecule has 1 heterocycles. The Bertz CT molecular complexity index is 1030. The number of rotatable bonds is 11. The lowest BCUT2D eigenvalue weighted by atomic mass is 9.96. The van der Waals surface area contributed by atoms with Gasteiger partial charge in [-0.05, 0) is 74.9 Å². The highest BCUT2D eigenvalue weighted by atomic mass is 35.5. The molecule has 1 aliphatic rings. The summed E-state index contributed by atoms with van der Waals surface area (Å²) in [5.74, 6) is 0.220. The van der Waals surface area contributed by atoms with Crippen LogP contribution in [0.15, 0.2) is 36.4 Å². The number of methoxy groups -OCH3 is 1. The molecule has 11 heteroatoms. The molecule has 2 aromatic rings. The number of aryl methyl sites for hydroxylation is 1. The van der Waals surface area contributed by atoms with Crippen molar-refractivity contribution in [1.29, 1.82) is 0 Å². The minimum Gasteiger partial charge on any atom is -0.496 e. The number of nitrogens with zero attached hydrogens (tertiary/aromatic N) is 1.